The molecule has 1 aromatic rings. The number of benzene rings is 1. The molecule has 0 unspecified atom stereocenters. The Kier molecular flexibility index (Phi) is 7.26. The van der Waals surface area contributed by atoms with Gasteiger partial charge in [-0.3, -0.25) is 0 Å². The van der Waals surface area contributed by atoms with Crippen LogP contribution in [-0.2, 0) is 14.2 Å². The van der Waals surface area contributed by atoms with Crippen LogP contribution >= 0.6 is 0 Å². The average molecular weight is 318 g/mol. The summed E-state index contributed by atoms with van der Waals surface area (Å²) in [7, 11) is 0. The van der Waals surface area contributed by atoms with Crippen molar-refractivity contribution in [2.24, 2.45) is 0 Å². The number of esters is 3. The summed E-state index contributed by atoms with van der Waals surface area (Å²) in [5, 5.41) is 0. The summed E-state index contributed by atoms with van der Waals surface area (Å²) < 4.78 is 14.7. The van der Waals surface area contributed by atoms with Gasteiger partial charge in [0, 0.05) is 0 Å². The molecule has 0 heterocycles. The Labute approximate surface area is 134 Å². The maximum absolute atomic E-state index is 12.1. The van der Waals surface area contributed by atoms with E-state index in [1.54, 1.807) is 6.92 Å². The Balaban J connectivity index is 3.18. The smallest absolute Gasteiger partial charge is 0.339 e. The van der Waals surface area contributed by atoms with E-state index in [2.05, 4.69) is 13.2 Å². The minimum absolute atomic E-state index is 0.0150. The van der Waals surface area contributed by atoms with Crippen LogP contribution in [0.1, 0.15) is 38.0 Å². The van der Waals surface area contributed by atoms with Gasteiger partial charge in [0.2, 0.25) is 0 Å². The molecule has 0 aromatic heterocycles. The highest BCUT2D eigenvalue weighted by atomic mass is 16.5. The van der Waals surface area contributed by atoms with Crippen molar-refractivity contribution in [3.8, 4) is 0 Å². The third-order valence-corrected chi connectivity index (χ3v) is 2.64. The summed E-state index contributed by atoms with van der Waals surface area (Å²) in [4.78, 5) is 35.8. The predicted molar refractivity (Wildman–Crippen MR) is 83.4 cm³/mol. The second-order valence-corrected chi connectivity index (χ2v) is 4.26. The lowest BCUT2D eigenvalue weighted by Crippen LogP contribution is -2.16. The highest BCUT2D eigenvalue weighted by molar-refractivity contribution is 6.05. The lowest BCUT2D eigenvalue weighted by atomic mass is 10.0. The van der Waals surface area contributed by atoms with Crippen molar-refractivity contribution in [1.29, 1.82) is 0 Å². The minimum atomic E-state index is -0.758. The first-order chi connectivity index (χ1) is 11.0. The lowest BCUT2D eigenvalue weighted by molar-refractivity contribution is 0.0487. The van der Waals surface area contributed by atoms with Crippen molar-refractivity contribution in [2.45, 2.75) is 6.92 Å². The Bertz CT molecular complexity index is 618. The number of carbonyl (C=O) groups is 3. The molecule has 0 aliphatic rings. The van der Waals surface area contributed by atoms with E-state index in [-0.39, 0.29) is 36.5 Å². The predicted octanol–water partition coefficient (Wildman–Crippen LogP) is 2.55. The Morgan fingerprint density at radius 3 is 2.04 bits per heavy atom. The third kappa shape index (κ3) is 5.10. The van der Waals surface area contributed by atoms with Crippen LogP contribution in [0.4, 0.5) is 0 Å². The first kappa shape index (κ1) is 18.2. The molecule has 0 atom stereocenters. The van der Waals surface area contributed by atoms with Gasteiger partial charge in [-0.15, -0.1) is 0 Å². The van der Waals surface area contributed by atoms with Crippen LogP contribution in [0.25, 0.3) is 0 Å². The molecule has 6 nitrogen and oxygen atoms in total. The Hall–Kier alpha value is -2.89. The van der Waals surface area contributed by atoms with Crippen LogP contribution in [0.5, 0.6) is 0 Å². The van der Waals surface area contributed by atoms with Crippen molar-refractivity contribution >= 4 is 17.9 Å². The molecule has 0 aliphatic carbocycles. The van der Waals surface area contributed by atoms with E-state index in [0.29, 0.717) is 0 Å². The van der Waals surface area contributed by atoms with Gasteiger partial charge in [-0.1, -0.05) is 25.3 Å². The molecule has 0 bridgehead atoms. The van der Waals surface area contributed by atoms with Crippen LogP contribution in [0.2, 0.25) is 0 Å². The Morgan fingerprint density at radius 1 is 0.913 bits per heavy atom. The standard InChI is InChI=1S/C17H18O6/c1-4-9-22-15(18)12-7-8-13(16(19)21-6-3)14(11-12)17(20)23-10-5-2/h4-5,7-8,11H,1-2,6,9-10H2,3H3. The summed E-state index contributed by atoms with van der Waals surface area (Å²) in [5.74, 6) is -2.08. The van der Waals surface area contributed by atoms with Crippen LogP contribution in [-0.4, -0.2) is 37.7 Å². The lowest BCUT2D eigenvalue weighted by Gasteiger charge is -2.10. The molecule has 0 amide bonds. The topological polar surface area (TPSA) is 78.9 Å². The first-order valence-corrected chi connectivity index (χ1v) is 6.92. The van der Waals surface area contributed by atoms with Gasteiger partial charge in [0.1, 0.15) is 13.2 Å². The van der Waals surface area contributed by atoms with Crippen molar-refractivity contribution in [2.75, 3.05) is 19.8 Å². The molecule has 0 saturated heterocycles. The number of hydrogen-bond acceptors (Lipinski definition) is 6. The molecule has 0 aliphatic heterocycles. The van der Waals surface area contributed by atoms with Gasteiger partial charge in [0.05, 0.1) is 23.3 Å². The minimum Gasteiger partial charge on any atom is -0.462 e. The SMILES string of the molecule is C=CCOC(=O)c1ccc(C(=O)OCC)c(C(=O)OCC=C)c1. The second-order valence-electron chi connectivity index (χ2n) is 4.26. The van der Waals surface area contributed by atoms with E-state index in [1.165, 1.54) is 30.4 Å². The van der Waals surface area contributed by atoms with Gasteiger partial charge in [-0.05, 0) is 25.1 Å². The fourth-order valence-corrected chi connectivity index (χ4v) is 1.66. The summed E-state index contributed by atoms with van der Waals surface area (Å²) in [5.41, 5.74) is 0.0602. The van der Waals surface area contributed by atoms with Crippen LogP contribution in [0.3, 0.4) is 0 Å². The zero-order valence-electron chi connectivity index (χ0n) is 12.9. The molecule has 0 saturated carbocycles. The van der Waals surface area contributed by atoms with E-state index in [1.807, 2.05) is 0 Å². The quantitative estimate of drug-likeness (QED) is 0.416. The molecular weight excluding hydrogens is 300 g/mol. The number of ether oxygens (including phenoxy) is 3. The van der Waals surface area contributed by atoms with E-state index >= 15 is 0 Å². The van der Waals surface area contributed by atoms with Crippen molar-refractivity contribution in [3.05, 3.63) is 60.2 Å². The number of rotatable bonds is 8. The van der Waals surface area contributed by atoms with Crippen LogP contribution < -0.4 is 0 Å². The highest BCUT2D eigenvalue weighted by Crippen LogP contribution is 2.16. The molecule has 0 radical (unpaired) electrons. The zero-order chi connectivity index (χ0) is 17.2. The fraction of sp³-hybridized carbons (Fsp3) is 0.235. The van der Waals surface area contributed by atoms with E-state index in [0.717, 1.165) is 0 Å². The van der Waals surface area contributed by atoms with Gasteiger partial charge in [0.25, 0.3) is 0 Å². The normalized spacial score (nSPS) is 9.61. The second kappa shape index (κ2) is 9.19. The van der Waals surface area contributed by atoms with Gasteiger partial charge in [-0.2, -0.15) is 0 Å². The van der Waals surface area contributed by atoms with Crippen LogP contribution in [0, 0.1) is 0 Å². The van der Waals surface area contributed by atoms with Crippen molar-refractivity contribution in [3.63, 3.8) is 0 Å². The maximum Gasteiger partial charge on any atom is 0.339 e. The molecule has 0 spiro atoms. The van der Waals surface area contributed by atoms with Gasteiger partial charge in [-0.25, -0.2) is 14.4 Å². The summed E-state index contributed by atoms with van der Waals surface area (Å²) in [6.07, 6.45) is 2.81. The zero-order valence-corrected chi connectivity index (χ0v) is 12.9. The van der Waals surface area contributed by atoms with Crippen molar-refractivity contribution in [1.82, 2.24) is 0 Å². The number of carbonyl (C=O) groups excluding carboxylic acids is 3. The average Bonchev–Trinajstić information content (AvgIpc) is 2.57. The molecule has 0 fully saturated rings. The molecule has 1 aromatic carbocycles. The summed E-state index contributed by atoms with van der Waals surface area (Å²) in [6, 6.07) is 3.94. The van der Waals surface area contributed by atoms with Gasteiger partial charge >= 0.3 is 17.9 Å². The van der Waals surface area contributed by atoms with Gasteiger partial charge < -0.3 is 14.2 Å². The van der Waals surface area contributed by atoms with Gasteiger partial charge in [0.15, 0.2) is 0 Å². The first-order valence-electron chi connectivity index (χ1n) is 6.92. The van der Waals surface area contributed by atoms with Crippen molar-refractivity contribution < 1.29 is 28.6 Å². The van der Waals surface area contributed by atoms with E-state index in [9.17, 15) is 14.4 Å². The molecular formula is C17H18O6. The van der Waals surface area contributed by atoms with Crippen LogP contribution in [0.15, 0.2) is 43.5 Å². The molecule has 6 heteroatoms. The highest BCUT2D eigenvalue weighted by Gasteiger charge is 2.21. The number of hydrogen-bond donors (Lipinski definition) is 0. The van der Waals surface area contributed by atoms with E-state index < -0.39 is 17.9 Å². The monoisotopic (exact) mass is 318 g/mol. The molecule has 0 N–H and O–H groups in total. The fourth-order valence-electron chi connectivity index (χ4n) is 1.66. The largest absolute Gasteiger partial charge is 0.462 e. The summed E-state index contributed by atoms with van der Waals surface area (Å²) in [6.45, 7) is 8.70. The molecule has 23 heavy (non-hydrogen) atoms. The summed E-state index contributed by atoms with van der Waals surface area (Å²) >= 11 is 0. The third-order valence-electron chi connectivity index (χ3n) is 2.64. The Morgan fingerprint density at radius 2 is 1.48 bits per heavy atom. The molecule has 1 rings (SSSR count). The van der Waals surface area contributed by atoms with E-state index in [4.69, 9.17) is 14.2 Å². The maximum atomic E-state index is 12.1. The molecule has 122 valence electrons.